The normalized spacial score (nSPS) is 24.1. The average Bonchev–Trinajstić information content (AvgIpc) is 2.77. The van der Waals surface area contributed by atoms with E-state index in [1.165, 1.54) is 24.0 Å². The molecule has 19 heavy (non-hydrogen) atoms. The molecule has 0 aromatic heterocycles. The second kappa shape index (κ2) is 5.26. The van der Waals surface area contributed by atoms with Crippen LogP contribution in [0.2, 0.25) is 0 Å². The molecule has 1 aliphatic rings. The zero-order valence-electron chi connectivity index (χ0n) is 13.1. The highest BCUT2D eigenvalue weighted by atomic mass is 15.1. The van der Waals surface area contributed by atoms with Crippen molar-refractivity contribution in [3.8, 4) is 0 Å². The summed E-state index contributed by atoms with van der Waals surface area (Å²) in [6.07, 6.45) is 2.51. The van der Waals surface area contributed by atoms with Crippen molar-refractivity contribution in [3.63, 3.8) is 0 Å². The lowest BCUT2D eigenvalue weighted by atomic mass is 9.83. The van der Waals surface area contributed by atoms with Crippen molar-refractivity contribution in [1.29, 1.82) is 0 Å². The van der Waals surface area contributed by atoms with E-state index in [-0.39, 0.29) is 11.0 Å². The van der Waals surface area contributed by atoms with Crippen molar-refractivity contribution in [1.82, 2.24) is 10.2 Å². The van der Waals surface area contributed by atoms with Crippen LogP contribution in [0, 0.1) is 0 Å². The van der Waals surface area contributed by atoms with Crippen molar-refractivity contribution in [3.05, 3.63) is 35.4 Å². The zero-order valence-corrected chi connectivity index (χ0v) is 13.1. The maximum Gasteiger partial charge on any atom is 0.0563 e. The molecule has 2 nitrogen and oxygen atoms in total. The number of benzene rings is 1. The first-order chi connectivity index (χ1) is 8.83. The van der Waals surface area contributed by atoms with E-state index in [4.69, 9.17) is 0 Å². The molecule has 106 valence electrons. The third kappa shape index (κ3) is 3.18. The molecule has 1 aromatic rings. The monoisotopic (exact) mass is 260 g/mol. The highest BCUT2D eigenvalue weighted by Crippen LogP contribution is 2.33. The summed E-state index contributed by atoms with van der Waals surface area (Å²) in [5.74, 6) is 0. The summed E-state index contributed by atoms with van der Waals surface area (Å²) in [5.41, 5.74) is 3.23. The van der Waals surface area contributed by atoms with Gasteiger partial charge < -0.3 is 10.2 Å². The number of nitrogens with one attached hydrogen (secondary N) is 1. The minimum atomic E-state index is 0.153. The van der Waals surface area contributed by atoms with Crippen LogP contribution in [-0.4, -0.2) is 32.1 Å². The quantitative estimate of drug-likeness (QED) is 0.898. The Bertz CT molecular complexity index is 406. The number of nitrogens with zero attached hydrogens (tertiary/aromatic N) is 1. The van der Waals surface area contributed by atoms with Gasteiger partial charge in [-0.15, -0.1) is 0 Å². The van der Waals surface area contributed by atoms with Gasteiger partial charge in [-0.2, -0.15) is 0 Å². The fourth-order valence-electron chi connectivity index (χ4n) is 3.11. The van der Waals surface area contributed by atoms with Gasteiger partial charge in [0.1, 0.15) is 0 Å². The molecular formula is C17H28N2. The topological polar surface area (TPSA) is 15.3 Å². The van der Waals surface area contributed by atoms with Crippen LogP contribution < -0.4 is 5.32 Å². The van der Waals surface area contributed by atoms with Gasteiger partial charge >= 0.3 is 0 Å². The fourth-order valence-corrected chi connectivity index (χ4v) is 3.11. The Kier molecular flexibility index (Phi) is 4.03. The lowest BCUT2D eigenvalue weighted by Crippen LogP contribution is -2.45. The van der Waals surface area contributed by atoms with Crippen molar-refractivity contribution < 1.29 is 0 Å². The number of rotatable bonds is 3. The van der Waals surface area contributed by atoms with Crippen LogP contribution >= 0.6 is 0 Å². The van der Waals surface area contributed by atoms with Gasteiger partial charge in [-0.05, 0) is 50.0 Å². The Labute approximate surface area is 118 Å². The SMILES string of the molecule is CN(C)CC1(c2ccc(C(C)(C)C)cc2)CCCN1. The summed E-state index contributed by atoms with van der Waals surface area (Å²) in [5, 5.41) is 3.73. The summed E-state index contributed by atoms with van der Waals surface area (Å²) in [6, 6.07) is 9.24. The van der Waals surface area contributed by atoms with Crippen LogP contribution in [0.3, 0.4) is 0 Å². The molecule has 0 radical (unpaired) electrons. The molecular weight excluding hydrogens is 232 g/mol. The molecule has 1 atom stereocenters. The van der Waals surface area contributed by atoms with E-state index in [0.717, 1.165) is 13.1 Å². The Morgan fingerprint density at radius 1 is 1.16 bits per heavy atom. The van der Waals surface area contributed by atoms with Gasteiger partial charge in [0.2, 0.25) is 0 Å². The molecule has 0 saturated carbocycles. The van der Waals surface area contributed by atoms with Crippen LogP contribution in [-0.2, 0) is 11.0 Å². The Balaban J connectivity index is 2.28. The first-order valence-electron chi connectivity index (χ1n) is 7.34. The smallest absolute Gasteiger partial charge is 0.0563 e. The first kappa shape index (κ1) is 14.5. The van der Waals surface area contributed by atoms with Gasteiger partial charge in [0, 0.05) is 6.54 Å². The number of likely N-dealkylation sites (N-methyl/N-ethyl adjacent to an activating group) is 1. The number of hydrogen-bond acceptors (Lipinski definition) is 2. The van der Waals surface area contributed by atoms with Crippen LogP contribution in [0.1, 0.15) is 44.7 Å². The minimum Gasteiger partial charge on any atom is -0.307 e. The van der Waals surface area contributed by atoms with Crippen LogP contribution in [0.15, 0.2) is 24.3 Å². The summed E-state index contributed by atoms with van der Waals surface area (Å²) in [4.78, 5) is 2.29. The van der Waals surface area contributed by atoms with E-state index in [1.54, 1.807) is 0 Å². The summed E-state index contributed by atoms with van der Waals surface area (Å²) < 4.78 is 0. The molecule has 1 heterocycles. The average molecular weight is 260 g/mol. The first-order valence-corrected chi connectivity index (χ1v) is 7.34. The van der Waals surface area contributed by atoms with Crippen molar-refractivity contribution in [2.75, 3.05) is 27.2 Å². The third-order valence-electron chi connectivity index (χ3n) is 4.13. The van der Waals surface area contributed by atoms with Crippen molar-refractivity contribution in [2.24, 2.45) is 0 Å². The molecule has 1 unspecified atom stereocenters. The Morgan fingerprint density at radius 2 is 1.79 bits per heavy atom. The van der Waals surface area contributed by atoms with E-state index in [2.05, 4.69) is 69.3 Å². The third-order valence-corrected chi connectivity index (χ3v) is 4.13. The van der Waals surface area contributed by atoms with Gasteiger partial charge in [0.15, 0.2) is 0 Å². The van der Waals surface area contributed by atoms with Crippen LogP contribution in [0.25, 0.3) is 0 Å². The second-order valence-electron chi connectivity index (χ2n) is 7.18. The maximum absolute atomic E-state index is 3.73. The zero-order chi connectivity index (χ0) is 14.1. The standard InChI is InChI=1S/C17H28N2/c1-16(2,3)14-7-9-15(10-8-14)17(13-19(4)5)11-6-12-18-17/h7-10,18H,6,11-13H2,1-5H3. The molecule has 2 heteroatoms. The number of hydrogen-bond donors (Lipinski definition) is 1. The fraction of sp³-hybridized carbons (Fsp3) is 0.647. The lowest BCUT2D eigenvalue weighted by molar-refractivity contribution is 0.260. The lowest BCUT2D eigenvalue weighted by Gasteiger charge is -2.33. The van der Waals surface area contributed by atoms with Gasteiger partial charge in [0.05, 0.1) is 5.54 Å². The molecule has 1 fully saturated rings. The second-order valence-corrected chi connectivity index (χ2v) is 7.18. The summed E-state index contributed by atoms with van der Waals surface area (Å²) in [6.45, 7) is 9.01. The molecule has 0 amide bonds. The largest absolute Gasteiger partial charge is 0.307 e. The molecule has 1 aromatic carbocycles. The minimum absolute atomic E-state index is 0.153. The molecule has 0 bridgehead atoms. The van der Waals surface area contributed by atoms with Crippen LogP contribution in [0.4, 0.5) is 0 Å². The predicted octanol–water partition coefficient (Wildman–Crippen LogP) is 3.12. The van der Waals surface area contributed by atoms with Crippen molar-refractivity contribution >= 4 is 0 Å². The van der Waals surface area contributed by atoms with E-state index in [1.807, 2.05) is 0 Å². The molecule has 1 N–H and O–H groups in total. The van der Waals surface area contributed by atoms with E-state index in [0.29, 0.717) is 0 Å². The molecule has 2 rings (SSSR count). The van der Waals surface area contributed by atoms with E-state index < -0.39 is 0 Å². The Morgan fingerprint density at radius 3 is 2.21 bits per heavy atom. The Hall–Kier alpha value is -0.860. The van der Waals surface area contributed by atoms with Gasteiger partial charge in [-0.25, -0.2) is 0 Å². The van der Waals surface area contributed by atoms with Gasteiger partial charge in [-0.3, -0.25) is 0 Å². The molecule has 0 aliphatic carbocycles. The molecule has 1 saturated heterocycles. The van der Waals surface area contributed by atoms with E-state index in [9.17, 15) is 0 Å². The van der Waals surface area contributed by atoms with Gasteiger partial charge in [0.25, 0.3) is 0 Å². The molecule has 1 aliphatic heterocycles. The predicted molar refractivity (Wildman–Crippen MR) is 82.6 cm³/mol. The van der Waals surface area contributed by atoms with Gasteiger partial charge in [-0.1, -0.05) is 45.0 Å². The highest BCUT2D eigenvalue weighted by Gasteiger charge is 2.35. The van der Waals surface area contributed by atoms with E-state index >= 15 is 0 Å². The molecule has 0 spiro atoms. The summed E-state index contributed by atoms with van der Waals surface area (Å²) in [7, 11) is 4.32. The van der Waals surface area contributed by atoms with Crippen molar-refractivity contribution in [2.45, 2.75) is 44.6 Å². The highest BCUT2D eigenvalue weighted by molar-refractivity contribution is 5.33. The maximum atomic E-state index is 3.73. The summed E-state index contributed by atoms with van der Waals surface area (Å²) >= 11 is 0. The van der Waals surface area contributed by atoms with Crippen LogP contribution in [0.5, 0.6) is 0 Å².